The molecule has 0 radical (unpaired) electrons. The highest BCUT2D eigenvalue weighted by Gasteiger charge is 2.13. The Labute approximate surface area is 145 Å². The van der Waals surface area contributed by atoms with E-state index in [0.717, 1.165) is 21.2 Å². The highest BCUT2D eigenvalue weighted by Crippen LogP contribution is 2.35. The van der Waals surface area contributed by atoms with E-state index in [0.29, 0.717) is 6.04 Å². The zero-order valence-corrected chi connectivity index (χ0v) is 16.1. The highest BCUT2D eigenvalue weighted by molar-refractivity contribution is 9.11. The van der Waals surface area contributed by atoms with Crippen molar-refractivity contribution in [3.05, 3.63) is 26.6 Å². The fourth-order valence-corrected chi connectivity index (χ4v) is 4.28. The Morgan fingerprint density at radius 3 is 2.19 bits per heavy atom. The molecule has 0 atom stereocenters. The lowest BCUT2D eigenvalue weighted by Crippen LogP contribution is -2.27. The summed E-state index contributed by atoms with van der Waals surface area (Å²) < 4.78 is 7.86. The summed E-state index contributed by atoms with van der Waals surface area (Å²) in [5.41, 5.74) is 1.29. The van der Waals surface area contributed by atoms with E-state index in [9.17, 15) is 0 Å². The average molecular weight is 419 g/mol. The summed E-state index contributed by atoms with van der Waals surface area (Å²) in [5.74, 6) is 0.892. The van der Waals surface area contributed by atoms with Gasteiger partial charge in [0.25, 0.3) is 0 Å². The van der Waals surface area contributed by atoms with Gasteiger partial charge in [-0.25, -0.2) is 0 Å². The Kier molecular flexibility index (Phi) is 7.03. The van der Waals surface area contributed by atoms with Crippen LogP contribution in [0, 0.1) is 0 Å². The quantitative estimate of drug-likeness (QED) is 0.609. The predicted molar refractivity (Wildman–Crippen MR) is 95.9 cm³/mol. The van der Waals surface area contributed by atoms with E-state index in [-0.39, 0.29) is 6.10 Å². The van der Waals surface area contributed by atoms with Crippen molar-refractivity contribution in [2.75, 3.05) is 0 Å². The van der Waals surface area contributed by atoms with E-state index in [1.54, 1.807) is 0 Å². The molecule has 2 nitrogen and oxygen atoms in total. The standard InChI is InChI=1S/C17H25Br2NO/c1-12(2)21-17-15(18)9-13(10-16(17)19)11-20-14-7-5-3-4-6-8-14/h9-10,12,14,20H,3-8,11H2,1-2H3. The van der Waals surface area contributed by atoms with Crippen molar-refractivity contribution in [3.8, 4) is 5.75 Å². The summed E-state index contributed by atoms with van der Waals surface area (Å²) in [4.78, 5) is 0. The van der Waals surface area contributed by atoms with Crippen molar-refractivity contribution in [2.24, 2.45) is 0 Å². The molecule has 2 rings (SSSR count). The van der Waals surface area contributed by atoms with Crippen LogP contribution in [-0.2, 0) is 6.54 Å². The number of ether oxygens (including phenoxy) is 1. The maximum absolute atomic E-state index is 5.83. The van der Waals surface area contributed by atoms with Crippen LogP contribution in [0.2, 0.25) is 0 Å². The van der Waals surface area contributed by atoms with E-state index in [1.165, 1.54) is 44.1 Å². The Balaban J connectivity index is 1.97. The molecule has 0 amide bonds. The second kappa shape index (κ2) is 8.54. The van der Waals surface area contributed by atoms with Gasteiger partial charge in [-0.15, -0.1) is 0 Å². The van der Waals surface area contributed by atoms with Crippen LogP contribution in [0.25, 0.3) is 0 Å². The maximum Gasteiger partial charge on any atom is 0.148 e. The lowest BCUT2D eigenvalue weighted by molar-refractivity contribution is 0.239. The van der Waals surface area contributed by atoms with Crippen LogP contribution in [0.4, 0.5) is 0 Å². The van der Waals surface area contributed by atoms with Gasteiger partial charge in [-0.05, 0) is 76.2 Å². The van der Waals surface area contributed by atoms with E-state index < -0.39 is 0 Å². The van der Waals surface area contributed by atoms with Gasteiger partial charge in [0.05, 0.1) is 15.0 Å². The number of halogens is 2. The first-order valence-corrected chi connectivity index (χ1v) is 9.53. The number of hydrogen-bond acceptors (Lipinski definition) is 2. The molecule has 0 spiro atoms. The van der Waals surface area contributed by atoms with Gasteiger partial charge in [0, 0.05) is 12.6 Å². The molecule has 0 saturated heterocycles. The van der Waals surface area contributed by atoms with Crippen molar-refractivity contribution < 1.29 is 4.74 Å². The topological polar surface area (TPSA) is 21.3 Å². The van der Waals surface area contributed by atoms with Crippen molar-refractivity contribution in [2.45, 2.75) is 71.1 Å². The molecule has 1 N–H and O–H groups in total. The normalized spacial score (nSPS) is 17.0. The van der Waals surface area contributed by atoms with Crippen LogP contribution in [0.3, 0.4) is 0 Å². The molecule has 0 bridgehead atoms. The molecular formula is C17H25Br2NO. The van der Waals surface area contributed by atoms with Crippen LogP contribution in [-0.4, -0.2) is 12.1 Å². The number of hydrogen-bond donors (Lipinski definition) is 1. The van der Waals surface area contributed by atoms with Crippen LogP contribution in [0.15, 0.2) is 21.1 Å². The molecule has 1 aromatic carbocycles. The van der Waals surface area contributed by atoms with Gasteiger partial charge in [0.1, 0.15) is 5.75 Å². The van der Waals surface area contributed by atoms with Gasteiger partial charge >= 0.3 is 0 Å². The Hall–Kier alpha value is -0.0600. The van der Waals surface area contributed by atoms with E-state index in [1.807, 2.05) is 13.8 Å². The molecule has 1 saturated carbocycles. The maximum atomic E-state index is 5.83. The molecule has 21 heavy (non-hydrogen) atoms. The minimum absolute atomic E-state index is 0.174. The van der Waals surface area contributed by atoms with Gasteiger partial charge in [-0.2, -0.15) is 0 Å². The van der Waals surface area contributed by atoms with E-state index in [2.05, 4.69) is 49.3 Å². The fraction of sp³-hybridized carbons (Fsp3) is 0.647. The molecule has 4 heteroatoms. The Bertz CT molecular complexity index is 431. The third-order valence-corrected chi connectivity index (χ3v) is 5.04. The summed E-state index contributed by atoms with van der Waals surface area (Å²) >= 11 is 7.24. The van der Waals surface area contributed by atoms with Crippen molar-refractivity contribution in [3.63, 3.8) is 0 Å². The summed E-state index contributed by atoms with van der Waals surface area (Å²) in [7, 11) is 0. The van der Waals surface area contributed by atoms with Gasteiger partial charge in [0.15, 0.2) is 0 Å². The molecule has 1 aliphatic carbocycles. The molecule has 1 aliphatic rings. The minimum Gasteiger partial charge on any atom is -0.489 e. The van der Waals surface area contributed by atoms with Crippen molar-refractivity contribution >= 4 is 31.9 Å². The molecular weight excluding hydrogens is 394 g/mol. The molecule has 118 valence electrons. The molecule has 0 aliphatic heterocycles. The van der Waals surface area contributed by atoms with Crippen molar-refractivity contribution in [1.82, 2.24) is 5.32 Å². The average Bonchev–Trinajstić information content (AvgIpc) is 2.69. The molecule has 1 fully saturated rings. The first kappa shape index (κ1) is 17.3. The van der Waals surface area contributed by atoms with E-state index in [4.69, 9.17) is 4.74 Å². The van der Waals surface area contributed by atoms with Gasteiger partial charge in [-0.1, -0.05) is 25.7 Å². The second-order valence-electron chi connectivity index (χ2n) is 6.12. The molecule has 0 aromatic heterocycles. The highest BCUT2D eigenvalue weighted by atomic mass is 79.9. The summed E-state index contributed by atoms with van der Waals surface area (Å²) in [6, 6.07) is 5.00. The number of nitrogens with one attached hydrogen (secondary N) is 1. The number of benzene rings is 1. The molecule has 0 unspecified atom stereocenters. The minimum atomic E-state index is 0.174. The predicted octanol–water partition coefficient (Wildman–Crippen LogP) is 5.81. The first-order chi connectivity index (χ1) is 10.1. The van der Waals surface area contributed by atoms with Crippen LogP contribution >= 0.6 is 31.9 Å². The second-order valence-corrected chi connectivity index (χ2v) is 7.83. The zero-order chi connectivity index (χ0) is 15.2. The summed E-state index contributed by atoms with van der Waals surface area (Å²) in [6.45, 7) is 5.00. The lowest BCUT2D eigenvalue weighted by atomic mass is 10.1. The monoisotopic (exact) mass is 417 g/mol. The molecule has 0 heterocycles. The third-order valence-electron chi connectivity index (χ3n) is 3.86. The van der Waals surface area contributed by atoms with Crippen molar-refractivity contribution in [1.29, 1.82) is 0 Å². The van der Waals surface area contributed by atoms with Gasteiger partial charge in [-0.3, -0.25) is 0 Å². The molecule has 1 aromatic rings. The SMILES string of the molecule is CC(C)Oc1c(Br)cc(CNC2CCCCCC2)cc1Br. The van der Waals surface area contributed by atoms with Crippen LogP contribution in [0.1, 0.15) is 57.9 Å². The number of rotatable bonds is 5. The summed E-state index contributed by atoms with van der Waals surface area (Å²) in [6.07, 6.45) is 8.34. The van der Waals surface area contributed by atoms with Gasteiger partial charge in [0.2, 0.25) is 0 Å². The Morgan fingerprint density at radius 1 is 1.10 bits per heavy atom. The van der Waals surface area contributed by atoms with Crippen LogP contribution in [0.5, 0.6) is 5.75 Å². The first-order valence-electron chi connectivity index (χ1n) is 7.94. The largest absolute Gasteiger partial charge is 0.489 e. The zero-order valence-electron chi connectivity index (χ0n) is 12.9. The third kappa shape index (κ3) is 5.57. The summed E-state index contributed by atoms with van der Waals surface area (Å²) in [5, 5.41) is 3.71. The fourth-order valence-electron chi connectivity index (χ4n) is 2.81. The Morgan fingerprint density at radius 2 is 1.67 bits per heavy atom. The van der Waals surface area contributed by atoms with E-state index >= 15 is 0 Å². The smallest absolute Gasteiger partial charge is 0.148 e. The lowest BCUT2D eigenvalue weighted by Gasteiger charge is -2.18. The van der Waals surface area contributed by atoms with Gasteiger partial charge < -0.3 is 10.1 Å². The van der Waals surface area contributed by atoms with Crippen LogP contribution < -0.4 is 10.1 Å².